The standard InChI is InChI=1S/C19H25N3O5S/c23-19(13-16(14-5-6-14)15-7-8-15)20-9-11-21(12-10-20)28(26,27)18-4-2-1-3-17(18)22(24)25/h1-4,14-16H,5-13H2. The van der Waals surface area contributed by atoms with Crippen molar-refractivity contribution in [2.75, 3.05) is 26.2 Å². The molecule has 1 aromatic carbocycles. The number of hydrogen-bond donors (Lipinski definition) is 0. The molecule has 1 aliphatic heterocycles. The van der Waals surface area contributed by atoms with E-state index >= 15 is 0 Å². The van der Waals surface area contributed by atoms with Crippen molar-refractivity contribution in [3.8, 4) is 0 Å². The summed E-state index contributed by atoms with van der Waals surface area (Å²) in [5.74, 6) is 2.03. The first kappa shape index (κ1) is 19.3. The molecule has 0 aromatic heterocycles. The van der Waals surface area contributed by atoms with Crippen LogP contribution < -0.4 is 0 Å². The molecule has 28 heavy (non-hydrogen) atoms. The molecule has 0 radical (unpaired) electrons. The van der Waals surface area contributed by atoms with Gasteiger partial charge in [0.2, 0.25) is 15.9 Å². The molecule has 0 N–H and O–H groups in total. The molecule has 2 aliphatic carbocycles. The number of benzene rings is 1. The highest BCUT2D eigenvalue weighted by Gasteiger charge is 2.43. The summed E-state index contributed by atoms with van der Waals surface area (Å²) in [5.41, 5.74) is -0.419. The number of hydrogen-bond acceptors (Lipinski definition) is 5. The van der Waals surface area contributed by atoms with E-state index in [9.17, 15) is 23.3 Å². The number of nitrogens with zero attached hydrogens (tertiary/aromatic N) is 3. The van der Waals surface area contributed by atoms with E-state index in [1.54, 1.807) is 4.90 Å². The number of piperazine rings is 1. The Morgan fingerprint density at radius 2 is 1.64 bits per heavy atom. The Balaban J connectivity index is 1.39. The normalized spacial score (nSPS) is 21.1. The smallest absolute Gasteiger partial charge is 0.289 e. The lowest BCUT2D eigenvalue weighted by Crippen LogP contribution is -2.50. The number of rotatable bonds is 7. The van der Waals surface area contributed by atoms with E-state index in [2.05, 4.69) is 0 Å². The summed E-state index contributed by atoms with van der Waals surface area (Å²) >= 11 is 0. The van der Waals surface area contributed by atoms with Gasteiger partial charge in [0.1, 0.15) is 0 Å². The fraction of sp³-hybridized carbons (Fsp3) is 0.632. The largest absolute Gasteiger partial charge is 0.340 e. The summed E-state index contributed by atoms with van der Waals surface area (Å²) in [4.78, 5) is 24.7. The molecule has 1 saturated heterocycles. The highest BCUT2D eigenvalue weighted by Crippen LogP contribution is 2.50. The van der Waals surface area contributed by atoms with Crippen LogP contribution in [0.1, 0.15) is 32.1 Å². The fourth-order valence-electron chi connectivity index (χ4n) is 4.24. The lowest BCUT2D eigenvalue weighted by atomic mass is 9.93. The van der Waals surface area contributed by atoms with E-state index in [-0.39, 0.29) is 23.9 Å². The zero-order valence-corrected chi connectivity index (χ0v) is 16.5. The van der Waals surface area contributed by atoms with Crippen molar-refractivity contribution in [2.45, 2.75) is 37.0 Å². The van der Waals surface area contributed by atoms with Crippen LogP contribution in [0.5, 0.6) is 0 Å². The zero-order chi connectivity index (χ0) is 19.9. The molecule has 8 nitrogen and oxygen atoms in total. The summed E-state index contributed by atoms with van der Waals surface area (Å²) < 4.78 is 27.0. The minimum Gasteiger partial charge on any atom is -0.340 e. The van der Waals surface area contributed by atoms with Gasteiger partial charge in [0, 0.05) is 38.7 Å². The Bertz CT molecular complexity index is 859. The van der Waals surface area contributed by atoms with E-state index in [4.69, 9.17) is 0 Å². The number of para-hydroxylation sites is 1. The lowest BCUT2D eigenvalue weighted by Gasteiger charge is -2.34. The third-order valence-electron chi connectivity index (χ3n) is 6.14. The first-order valence-corrected chi connectivity index (χ1v) is 11.3. The average molecular weight is 407 g/mol. The number of carbonyl (C=O) groups is 1. The van der Waals surface area contributed by atoms with Crippen LogP contribution in [0, 0.1) is 27.9 Å². The Morgan fingerprint density at radius 1 is 1.07 bits per heavy atom. The SMILES string of the molecule is O=C(CC(C1CC1)C1CC1)N1CCN(S(=O)(=O)c2ccccc2[N+](=O)[O-])CC1. The van der Waals surface area contributed by atoms with Crippen molar-refractivity contribution < 1.29 is 18.1 Å². The second-order valence-corrected chi connectivity index (χ2v) is 9.96. The van der Waals surface area contributed by atoms with Gasteiger partial charge in [-0.05, 0) is 49.5 Å². The molecule has 2 saturated carbocycles. The number of sulfonamides is 1. The van der Waals surface area contributed by atoms with Crippen molar-refractivity contribution in [3.63, 3.8) is 0 Å². The molecule has 3 aliphatic rings. The molecule has 0 bridgehead atoms. The maximum Gasteiger partial charge on any atom is 0.289 e. The van der Waals surface area contributed by atoms with E-state index in [0.717, 1.165) is 0 Å². The first-order valence-electron chi connectivity index (χ1n) is 9.89. The second-order valence-electron chi connectivity index (χ2n) is 8.05. The number of carbonyl (C=O) groups excluding carboxylic acids is 1. The van der Waals surface area contributed by atoms with Crippen LogP contribution in [-0.4, -0.2) is 54.6 Å². The summed E-state index contributed by atoms with van der Waals surface area (Å²) in [6.45, 7) is 0.997. The van der Waals surface area contributed by atoms with E-state index < -0.39 is 20.6 Å². The number of nitro groups is 1. The van der Waals surface area contributed by atoms with Crippen molar-refractivity contribution in [2.24, 2.45) is 17.8 Å². The molecule has 3 fully saturated rings. The Labute approximate surface area is 164 Å². The summed E-state index contributed by atoms with van der Waals surface area (Å²) in [5, 5.41) is 11.2. The van der Waals surface area contributed by atoms with E-state index in [0.29, 0.717) is 37.3 Å². The predicted molar refractivity (Wildman–Crippen MR) is 102 cm³/mol. The molecule has 4 rings (SSSR count). The maximum atomic E-state index is 12.9. The molecule has 152 valence electrons. The van der Waals surface area contributed by atoms with Crippen molar-refractivity contribution in [1.82, 2.24) is 9.21 Å². The van der Waals surface area contributed by atoms with E-state index in [1.807, 2.05) is 0 Å². The monoisotopic (exact) mass is 407 g/mol. The minimum absolute atomic E-state index is 0.117. The Hall–Kier alpha value is -2.00. The summed E-state index contributed by atoms with van der Waals surface area (Å²) in [7, 11) is -3.96. The zero-order valence-electron chi connectivity index (χ0n) is 15.7. The van der Waals surface area contributed by atoms with Crippen molar-refractivity contribution >= 4 is 21.6 Å². The molecular formula is C19H25N3O5S. The number of amides is 1. The van der Waals surface area contributed by atoms with Gasteiger partial charge in [-0.3, -0.25) is 14.9 Å². The molecule has 9 heteroatoms. The predicted octanol–water partition coefficient (Wildman–Crippen LogP) is 2.25. The molecule has 1 amide bonds. The topological polar surface area (TPSA) is 101 Å². The van der Waals surface area contributed by atoms with Gasteiger partial charge in [0.05, 0.1) is 4.92 Å². The quantitative estimate of drug-likeness (QED) is 0.510. The van der Waals surface area contributed by atoms with Crippen LogP contribution in [0.3, 0.4) is 0 Å². The van der Waals surface area contributed by atoms with Crippen molar-refractivity contribution in [1.29, 1.82) is 0 Å². The molecular weight excluding hydrogens is 382 g/mol. The Kier molecular flexibility index (Phi) is 5.13. The molecule has 0 spiro atoms. The minimum atomic E-state index is -3.96. The van der Waals surface area contributed by atoms with Gasteiger partial charge >= 0.3 is 0 Å². The maximum absolute atomic E-state index is 12.9. The van der Waals surface area contributed by atoms with Gasteiger partial charge in [-0.15, -0.1) is 0 Å². The molecule has 1 aromatic rings. The van der Waals surface area contributed by atoms with Gasteiger partial charge in [-0.25, -0.2) is 8.42 Å². The van der Waals surface area contributed by atoms with Crippen LogP contribution in [-0.2, 0) is 14.8 Å². The average Bonchev–Trinajstić information content (AvgIpc) is 3.59. The van der Waals surface area contributed by atoms with Crippen LogP contribution in [0.25, 0.3) is 0 Å². The third-order valence-corrected chi connectivity index (χ3v) is 8.08. The van der Waals surface area contributed by atoms with Gasteiger partial charge in [0.15, 0.2) is 4.90 Å². The molecule has 0 atom stereocenters. The fourth-order valence-corrected chi connectivity index (χ4v) is 5.82. The second kappa shape index (κ2) is 7.44. The lowest BCUT2D eigenvalue weighted by molar-refractivity contribution is -0.387. The summed E-state index contributed by atoms with van der Waals surface area (Å²) in [6.07, 6.45) is 5.51. The van der Waals surface area contributed by atoms with Crippen molar-refractivity contribution in [3.05, 3.63) is 34.4 Å². The number of nitro benzene ring substituents is 1. The van der Waals surface area contributed by atoms with Crippen LogP contribution in [0.15, 0.2) is 29.2 Å². The van der Waals surface area contributed by atoms with Crippen LogP contribution in [0.2, 0.25) is 0 Å². The summed E-state index contributed by atoms with van der Waals surface area (Å²) in [6, 6.07) is 5.39. The molecule has 0 unspecified atom stereocenters. The third kappa shape index (κ3) is 3.91. The van der Waals surface area contributed by atoms with Gasteiger partial charge < -0.3 is 4.90 Å². The highest BCUT2D eigenvalue weighted by atomic mass is 32.2. The van der Waals surface area contributed by atoms with E-state index in [1.165, 1.54) is 54.3 Å². The highest BCUT2D eigenvalue weighted by molar-refractivity contribution is 7.89. The van der Waals surface area contributed by atoms with Gasteiger partial charge in [0.25, 0.3) is 5.69 Å². The van der Waals surface area contributed by atoms with Gasteiger partial charge in [-0.1, -0.05) is 12.1 Å². The first-order chi connectivity index (χ1) is 13.4. The molecule has 1 heterocycles. The Morgan fingerprint density at radius 3 is 2.18 bits per heavy atom. The van der Waals surface area contributed by atoms with Crippen LogP contribution >= 0.6 is 0 Å². The van der Waals surface area contributed by atoms with Gasteiger partial charge in [-0.2, -0.15) is 4.31 Å². The van der Waals surface area contributed by atoms with Crippen LogP contribution in [0.4, 0.5) is 5.69 Å².